The normalized spacial score (nSPS) is 18.0. The predicted molar refractivity (Wildman–Crippen MR) is 90.0 cm³/mol. The molecule has 0 bridgehead atoms. The minimum atomic E-state index is -0.101. The summed E-state index contributed by atoms with van der Waals surface area (Å²) in [6.45, 7) is 0. The number of carbonyl (C=O) groups is 1. The number of anilines is 1. The molecule has 1 heterocycles. The first-order valence-corrected chi connectivity index (χ1v) is 7.42. The minimum Gasteiger partial charge on any atom is -0.497 e. The Hall–Kier alpha value is -2.40. The van der Waals surface area contributed by atoms with Crippen molar-refractivity contribution in [3.05, 3.63) is 60.2 Å². The third-order valence-corrected chi connectivity index (χ3v) is 3.99. The van der Waals surface area contributed by atoms with Crippen molar-refractivity contribution in [3.8, 4) is 5.75 Å². The quantitative estimate of drug-likeness (QED) is 0.885. The van der Waals surface area contributed by atoms with Crippen molar-refractivity contribution in [2.75, 3.05) is 12.0 Å². The van der Waals surface area contributed by atoms with Crippen LogP contribution in [0.5, 0.6) is 5.75 Å². The fraction of sp³-hybridized carbons (Fsp3) is 0.176. The van der Waals surface area contributed by atoms with Gasteiger partial charge < -0.3 is 15.0 Å². The van der Waals surface area contributed by atoms with Crippen LogP contribution >= 0.6 is 12.2 Å². The van der Waals surface area contributed by atoms with Crippen LogP contribution in [0.2, 0.25) is 0 Å². The molecule has 0 aliphatic carbocycles. The van der Waals surface area contributed by atoms with E-state index in [4.69, 9.17) is 17.0 Å². The predicted octanol–water partition coefficient (Wildman–Crippen LogP) is 3.05. The summed E-state index contributed by atoms with van der Waals surface area (Å²) in [7, 11) is 1.63. The molecule has 4 nitrogen and oxygen atoms in total. The molecule has 1 fully saturated rings. The number of nitrogens with zero attached hydrogens (tertiary/aromatic N) is 1. The number of rotatable bonds is 3. The number of amides is 1. The molecule has 0 aromatic heterocycles. The third kappa shape index (κ3) is 2.80. The Balaban J connectivity index is 2.00. The van der Waals surface area contributed by atoms with Crippen LogP contribution in [0, 0.1) is 0 Å². The van der Waals surface area contributed by atoms with Gasteiger partial charge in [0.25, 0.3) is 0 Å². The highest BCUT2D eigenvalue weighted by Crippen LogP contribution is 2.33. The molecule has 0 unspecified atom stereocenters. The number of methoxy groups -OCH3 is 1. The summed E-state index contributed by atoms with van der Waals surface area (Å²) in [6, 6.07) is 17.5. The van der Waals surface area contributed by atoms with E-state index in [1.54, 1.807) is 7.11 Å². The van der Waals surface area contributed by atoms with Gasteiger partial charge in [-0.15, -0.1) is 0 Å². The van der Waals surface area contributed by atoms with E-state index in [2.05, 4.69) is 5.32 Å². The molecule has 1 aliphatic heterocycles. The van der Waals surface area contributed by atoms with Gasteiger partial charge in [-0.05, 0) is 42.0 Å². The summed E-state index contributed by atoms with van der Waals surface area (Å²) in [4.78, 5) is 13.9. The highest BCUT2D eigenvalue weighted by atomic mass is 32.1. The molecule has 3 rings (SSSR count). The van der Waals surface area contributed by atoms with E-state index in [1.807, 2.05) is 59.5 Å². The second kappa shape index (κ2) is 6.15. The third-order valence-electron chi connectivity index (χ3n) is 3.69. The number of ether oxygens (including phenoxy) is 1. The molecule has 22 heavy (non-hydrogen) atoms. The van der Waals surface area contributed by atoms with Gasteiger partial charge in [-0.2, -0.15) is 0 Å². The standard InChI is InChI=1S/C17H16N2O2S/c1-21-14-9-7-13(8-10-14)19-15(11-16(20)18-17(19)22)12-5-3-2-4-6-12/h2-10,15H,11H2,1H3,(H,18,20,22)/t15-/m1/s1. The molecule has 1 amide bonds. The number of hydrogen-bond acceptors (Lipinski definition) is 3. The number of carbonyl (C=O) groups excluding carboxylic acids is 1. The van der Waals surface area contributed by atoms with Crippen LogP contribution in [0.25, 0.3) is 0 Å². The number of hydrogen-bond donors (Lipinski definition) is 1. The van der Waals surface area contributed by atoms with Gasteiger partial charge in [0, 0.05) is 5.69 Å². The maximum Gasteiger partial charge on any atom is 0.228 e. The molecule has 112 valence electrons. The molecule has 1 saturated heterocycles. The van der Waals surface area contributed by atoms with E-state index >= 15 is 0 Å². The summed E-state index contributed by atoms with van der Waals surface area (Å²) < 4.78 is 5.19. The van der Waals surface area contributed by atoms with Gasteiger partial charge in [0.1, 0.15) is 5.75 Å². The van der Waals surface area contributed by atoms with Crippen molar-refractivity contribution in [2.45, 2.75) is 12.5 Å². The van der Waals surface area contributed by atoms with Crippen LogP contribution in [0.1, 0.15) is 18.0 Å². The van der Waals surface area contributed by atoms with Gasteiger partial charge >= 0.3 is 0 Å². The maximum atomic E-state index is 11.9. The molecule has 0 radical (unpaired) electrons. The molecule has 1 N–H and O–H groups in total. The average Bonchev–Trinajstić information content (AvgIpc) is 2.55. The van der Waals surface area contributed by atoms with Crippen LogP contribution < -0.4 is 15.0 Å². The van der Waals surface area contributed by atoms with Crippen LogP contribution in [0.3, 0.4) is 0 Å². The molecule has 2 aromatic carbocycles. The largest absolute Gasteiger partial charge is 0.497 e. The second-order valence-corrected chi connectivity index (χ2v) is 5.44. The lowest BCUT2D eigenvalue weighted by Gasteiger charge is -2.37. The molecule has 1 atom stereocenters. The summed E-state index contributed by atoms with van der Waals surface area (Å²) in [6.07, 6.45) is 0.371. The Morgan fingerprint density at radius 2 is 1.82 bits per heavy atom. The molecule has 0 spiro atoms. The van der Waals surface area contributed by atoms with E-state index < -0.39 is 0 Å². The average molecular weight is 312 g/mol. The zero-order valence-corrected chi connectivity index (χ0v) is 13.0. The van der Waals surface area contributed by atoms with Gasteiger partial charge in [0.05, 0.1) is 19.6 Å². The van der Waals surface area contributed by atoms with Crippen LogP contribution in [-0.2, 0) is 4.79 Å². The topological polar surface area (TPSA) is 41.6 Å². The van der Waals surface area contributed by atoms with Gasteiger partial charge in [-0.1, -0.05) is 30.3 Å². The lowest BCUT2D eigenvalue weighted by molar-refractivity contribution is -0.120. The first-order chi connectivity index (χ1) is 10.7. The maximum absolute atomic E-state index is 11.9. The SMILES string of the molecule is COc1ccc(N2C(=S)NC(=O)C[C@@H]2c2ccccc2)cc1. The smallest absolute Gasteiger partial charge is 0.228 e. The lowest BCUT2D eigenvalue weighted by Crippen LogP contribution is -2.51. The molecule has 0 saturated carbocycles. The summed E-state index contributed by atoms with van der Waals surface area (Å²) in [5.41, 5.74) is 2.00. The second-order valence-electron chi connectivity index (χ2n) is 5.05. The van der Waals surface area contributed by atoms with E-state index in [0.29, 0.717) is 11.5 Å². The Morgan fingerprint density at radius 3 is 2.45 bits per heavy atom. The first-order valence-electron chi connectivity index (χ1n) is 7.01. The van der Waals surface area contributed by atoms with Crippen molar-refractivity contribution in [2.24, 2.45) is 0 Å². The Morgan fingerprint density at radius 1 is 1.14 bits per heavy atom. The first kappa shape index (κ1) is 14.5. The lowest BCUT2D eigenvalue weighted by atomic mass is 9.99. The van der Waals surface area contributed by atoms with Crippen molar-refractivity contribution < 1.29 is 9.53 Å². The molecular formula is C17H16N2O2S. The van der Waals surface area contributed by atoms with Crippen molar-refractivity contribution in [3.63, 3.8) is 0 Å². The van der Waals surface area contributed by atoms with E-state index in [9.17, 15) is 4.79 Å². The van der Waals surface area contributed by atoms with E-state index in [-0.39, 0.29) is 11.9 Å². The van der Waals surface area contributed by atoms with E-state index in [0.717, 1.165) is 17.0 Å². The fourth-order valence-electron chi connectivity index (χ4n) is 2.62. The van der Waals surface area contributed by atoms with Crippen molar-refractivity contribution in [1.82, 2.24) is 5.32 Å². The Bertz CT molecular complexity index is 686. The molecular weight excluding hydrogens is 296 g/mol. The monoisotopic (exact) mass is 312 g/mol. The highest BCUT2D eigenvalue weighted by molar-refractivity contribution is 7.80. The summed E-state index contributed by atoms with van der Waals surface area (Å²) in [5, 5.41) is 3.17. The number of thiocarbonyl (C=S) groups is 1. The zero-order chi connectivity index (χ0) is 15.5. The van der Waals surface area contributed by atoms with Crippen LogP contribution in [0.4, 0.5) is 5.69 Å². The Kier molecular flexibility index (Phi) is 4.06. The van der Waals surface area contributed by atoms with Gasteiger partial charge in [0.2, 0.25) is 5.91 Å². The Labute approximate surface area is 134 Å². The van der Waals surface area contributed by atoms with Crippen LogP contribution in [0.15, 0.2) is 54.6 Å². The highest BCUT2D eigenvalue weighted by Gasteiger charge is 2.32. The van der Waals surface area contributed by atoms with Crippen molar-refractivity contribution >= 4 is 28.9 Å². The fourth-order valence-corrected chi connectivity index (χ4v) is 2.97. The molecule has 5 heteroatoms. The van der Waals surface area contributed by atoms with Gasteiger partial charge in [-0.3, -0.25) is 4.79 Å². The summed E-state index contributed by atoms with van der Waals surface area (Å²) in [5.74, 6) is 0.732. The van der Waals surface area contributed by atoms with Gasteiger partial charge in [0.15, 0.2) is 5.11 Å². The molecule has 2 aromatic rings. The molecule has 1 aliphatic rings. The minimum absolute atomic E-state index is 0.0522. The number of nitrogens with one attached hydrogen (secondary N) is 1. The van der Waals surface area contributed by atoms with E-state index in [1.165, 1.54) is 0 Å². The van der Waals surface area contributed by atoms with Crippen molar-refractivity contribution in [1.29, 1.82) is 0 Å². The van der Waals surface area contributed by atoms with Crippen LogP contribution in [-0.4, -0.2) is 18.1 Å². The van der Waals surface area contributed by atoms with Gasteiger partial charge in [-0.25, -0.2) is 0 Å². The number of benzene rings is 2. The summed E-state index contributed by atoms with van der Waals surface area (Å²) >= 11 is 5.39. The zero-order valence-electron chi connectivity index (χ0n) is 12.2.